The number of likely N-dealkylation sites (N-methyl/N-ethyl adjacent to an activating group) is 1. The van der Waals surface area contributed by atoms with Crippen molar-refractivity contribution in [2.75, 3.05) is 20.3 Å². The molecule has 0 saturated heterocycles. The third-order valence-corrected chi connectivity index (χ3v) is 4.04. The Morgan fingerprint density at radius 2 is 2.20 bits per heavy atom. The summed E-state index contributed by atoms with van der Waals surface area (Å²) in [5.41, 5.74) is 0. The van der Waals surface area contributed by atoms with Crippen molar-refractivity contribution in [1.82, 2.24) is 10.4 Å². The van der Waals surface area contributed by atoms with Gasteiger partial charge in [0.25, 0.3) is 5.91 Å². The highest BCUT2D eigenvalue weighted by atomic mass is 31.2. The van der Waals surface area contributed by atoms with E-state index >= 15 is 0 Å². The van der Waals surface area contributed by atoms with Gasteiger partial charge in [-0.25, -0.2) is 5.06 Å². The summed E-state index contributed by atoms with van der Waals surface area (Å²) in [6.07, 6.45) is 1.83. The zero-order valence-corrected chi connectivity index (χ0v) is 9.78. The molecule has 0 heterocycles. The second-order valence-electron chi connectivity index (χ2n) is 4.02. The average Bonchev–Trinajstić information content (AvgIpc) is 2.85. The topological polar surface area (TPSA) is 89.9 Å². The molecule has 2 atom stereocenters. The van der Waals surface area contributed by atoms with Gasteiger partial charge in [-0.15, -0.1) is 0 Å². The minimum atomic E-state index is -3.22. The van der Waals surface area contributed by atoms with Crippen LogP contribution in [0.25, 0.3) is 0 Å². The third kappa shape index (κ3) is 3.91. The Morgan fingerprint density at radius 3 is 2.53 bits per heavy atom. The summed E-state index contributed by atoms with van der Waals surface area (Å²) in [5, 5.41) is 12.0. The molecule has 0 aliphatic heterocycles. The van der Waals surface area contributed by atoms with Crippen LogP contribution in [0.2, 0.25) is 0 Å². The Labute approximate surface area is 88.7 Å². The lowest BCUT2D eigenvalue weighted by Crippen LogP contribution is -2.39. The molecular formula is C8H17N2O4P. The highest BCUT2D eigenvalue weighted by molar-refractivity contribution is 7.57. The van der Waals surface area contributed by atoms with Gasteiger partial charge in [-0.3, -0.25) is 19.9 Å². The first kappa shape index (κ1) is 12.6. The van der Waals surface area contributed by atoms with Crippen molar-refractivity contribution >= 4 is 13.3 Å². The average molecular weight is 236 g/mol. The van der Waals surface area contributed by atoms with Crippen molar-refractivity contribution in [3.8, 4) is 0 Å². The van der Waals surface area contributed by atoms with Crippen LogP contribution in [0.5, 0.6) is 0 Å². The Bertz CT molecular complexity index is 284. The van der Waals surface area contributed by atoms with E-state index in [4.69, 9.17) is 5.21 Å². The summed E-state index contributed by atoms with van der Waals surface area (Å²) in [6.45, 7) is 1.17. The fraction of sp³-hybridized carbons (Fsp3) is 0.875. The maximum atomic E-state index is 11.5. The van der Waals surface area contributed by atoms with Crippen LogP contribution in [0.4, 0.5) is 0 Å². The Balaban J connectivity index is 2.46. The zero-order chi connectivity index (χ0) is 11.6. The van der Waals surface area contributed by atoms with E-state index in [2.05, 4.69) is 5.32 Å². The van der Waals surface area contributed by atoms with Crippen LogP contribution in [-0.4, -0.2) is 47.1 Å². The maximum Gasteiger partial charge on any atom is 0.259 e. The van der Waals surface area contributed by atoms with E-state index in [-0.39, 0.29) is 12.5 Å². The summed E-state index contributed by atoms with van der Waals surface area (Å²) < 4.78 is 11.5. The third-order valence-electron chi connectivity index (χ3n) is 2.41. The molecule has 2 unspecified atom stereocenters. The maximum absolute atomic E-state index is 11.5. The number of amides is 1. The standard InChI is InChI=1S/C8H17N2O4P/c1-10(12)7(11)5-9-8(6-3-4-6)15(2,13)14/h6,8-9,12H,3-5H2,1-2H3,(H,13,14). The minimum Gasteiger partial charge on any atom is -0.343 e. The number of hydrogen-bond donors (Lipinski definition) is 3. The monoisotopic (exact) mass is 236 g/mol. The van der Waals surface area contributed by atoms with Crippen molar-refractivity contribution in [2.24, 2.45) is 5.92 Å². The molecule has 1 saturated carbocycles. The molecule has 0 bridgehead atoms. The normalized spacial score (nSPS) is 21.9. The summed E-state index contributed by atoms with van der Waals surface area (Å²) in [7, 11) is -2.00. The molecule has 6 nitrogen and oxygen atoms in total. The lowest BCUT2D eigenvalue weighted by atomic mass is 10.4. The number of hydroxylamine groups is 2. The molecule has 0 spiro atoms. The Morgan fingerprint density at radius 1 is 1.67 bits per heavy atom. The highest BCUT2D eigenvalue weighted by Crippen LogP contribution is 2.51. The molecule has 0 aromatic carbocycles. The first-order chi connectivity index (χ1) is 6.82. The molecule has 1 rings (SSSR count). The first-order valence-electron chi connectivity index (χ1n) is 4.81. The molecular weight excluding hydrogens is 219 g/mol. The molecule has 3 N–H and O–H groups in total. The van der Waals surface area contributed by atoms with E-state index in [0.717, 1.165) is 12.8 Å². The van der Waals surface area contributed by atoms with Gasteiger partial charge in [0, 0.05) is 13.7 Å². The van der Waals surface area contributed by atoms with Crippen LogP contribution in [0.1, 0.15) is 12.8 Å². The van der Waals surface area contributed by atoms with Gasteiger partial charge in [0.1, 0.15) is 0 Å². The fourth-order valence-electron chi connectivity index (χ4n) is 1.45. The molecule has 0 aromatic rings. The van der Waals surface area contributed by atoms with Gasteiger partial charge in [-0.2, -0.15) is 0 Å². The van der Waals surface area contributed by atoms with E-state index in [1.807, 2.05) is 0 Å². The van der Waals surface area contributed by atoms with Crippen molar-refractivity contribution in [1.29, 1.82) is 0 Å². The lowest BCUT2D eigenvalue weighted by Gasteiger charge is -2.21. The molecule has 15 heavy (non-hydrogen) atoms. The molecule has 1 aliphatic rings. The van der Waals surface area contributed by atoms with E-state index < -0.39 is 19.1 Å². The molecule has 1 aliphatic carbocycles. The summed E-state index contributed by atoms with van der Waals surface area (Å²) in [5.74, 6) is -0.863. The van der Waals surface area contributed by atoms with Crippen LogP contribution in [0, 0.1) is 5.92 Å². The van der Waals surface area contributed by atoms with Gasteiger partial charge < -0.3 is 4.89 Å². The summed E-state index contributed by atoms with van der Waals surface area (Å²) in [6, 6.07) is 0. The second-order valence-corrected chi connectivity index (χ2v) is 6.47. The number of nitrogens with one attached hydrogen (secondary N) is 1. The Kier molecular flexibility index (Phi) is 3.89. The van der Waals surface area contributed by atoms with Crippen molar-refractivity contribution in [2.45, 2.75) is 18.6 Å². The molecule has 0 aromatic heterocycles. The predicted octanol–water partition coefficient (Wildman–Crippen LogP) is 0.0599. The summed E-state index contributed by atoms with van der Waals surface area (Å²) in [4.78, 5) is 20.5. The highest BCUT2D eigenvalue weighted by Gasteiger charge is 2.40. The van der Waals surface area contributed by atoms with Crippen LogP contribution < -0.4 is 5.32 Å². The minimum absolute atomic E-state index is 0.118. The number of carbonyl (C=O) groups is 1. The van der Waals surface area contributed by atoms with Crippen LogP contribution >= 0.6 is 7.37 Å². The van der Waals surface area contributed by atoms with Gasteiger partial charge >= 0.3 is 0 Å². The van der Waals surface area contributed by atoms with E-state index in [1.54, 1.807) is 0 Å². The van der Waals surface area contributed by atoms with Gasteiger partial charge in [0.15, 0.2) is 0 Å². The molecule has 0 radical (unpaired) electrons. The molecule has 1 fully saturated rings. The smallest absolute Gasteiger partial charge is 0.259 e. The fourth-order valence-corrected chi connectivity index (χ4v) is 2.96. The van der Waals surface area contributed by atoms with Gasteiger partial charge in [-0.05, 0) is 18.8 Å². The van der Waals surface area contributed by atoms with Crippen LogP contribution in [-0.2, 0) is 9.36 Å². The first-order valence-corrected chi connectivity index (χ1v) is 6.98. The van der Waals surface area contributed by atoms with Crippen molar-refractivity contribution in [3.05, 3.63) is 0 Å². The van der Waals surface area contributed by atoms with E-state index in [9.17, 15) is 14.3 Å². The van der Waals surface area contributed by atoms with Crippen molar-refractivity contribution in [3.63, 3.8) is 0 Å². The van der Waals surface area contributed by atoms with Crippen LogP contribution in [0.3, 0.4) is 0 Å². The van der Waals surface area contributed by atoms with Gasteiger partial charge in [0.05, 0.1) is 12.3 Å². The van der Waals surface area contributed by atoms with Gasteiger partial charge in [0.2, 0.25) is 7.37 Å². The van der Waals surface area contributed by atoms with Gasteiger partial charge in [-0.1, -0.05) is 0 Å². The van der Waals surface area contributed by atoms with E-state index in [1.165, 1.54) is 13.7 Å². The largest absolute Gasteiger partial charge is 0.343 e. The van der Waals surface area contributed by atoms with Crippen molar-refractivity contribution < 1.29 is 19.5 Å². The number of hydrogen-bond acceptors (Lipinski definition) is 4. The molecule has 7 heteroatoms. The zero-order valence-electron chi connectivity index (χ0n) is 8.88. The summed E-state index contributed by atoms with van der Waals surface area (Å²) >= 11 is 0. The second kappa shape index (κ2) is 4.61. The number of rotatable bonds is 5. The van der Waals surface area contributed by atoms with E-state index in [0.29, 0.717) is 5.06 Å². The molecule has 1 amide bonds. The predicted molar refractivity (Wildman–Crippen MR) is 54.8 cm³/mol. The number of nitrogens with zero attached hydrogens (tertiary/aromatic N) is 1. The Hall–Kier alpha value is -0.420. The SMILES string of the molecule is CN(O)C(=O)CNC(C1CC1)P(C)(=O)O. The quantitative estimate of drug-likeness (QED) is 0.357. The number of carbonyl (C=O) groups excluding carboxylic acids is 1. The molecule has 88 valence electrons. The van der Waals surface area contributed by atoms with Crippen LogP contribution in [0.15, 0.2) is 0 Å². The lowest BCUT2D eigenvalue weighted by molar-refractivity contribution is -0.158.